The van der Waals surface area contributed by atoms with Crippen molar-refractivity contribution in [1.82, 2.24) is 0 Å². The average Bonchev–Trinajstić information content (AvgIpc) is 2.63. The Morgan fingerprint density at radius 2 is 0.833 bits per heavy atom. The molecule has 0 saturated carbocycles. The maximum atomic E-state index is 2.57. The van der Waals surface area contributed by atoms with Gasteiger partial charge in [-0.1, -0.05) is 128 Å². The minimum Gasteiger partial charge on any atom is -0.0625 e. The number of rotatable bonds is 7. The van der Waals surface area contributed by atoms with E-state index in [0.29, 0.717) is 17.8 Å². The summed E-state index contributed by atoms with van der Waals surface area (Å²) in [6.07, 6.45) is 3.40. The van der Waals surface area contributed by atoms with E-state index in [2.05, 4.69) is 128 Å². The van der Waals surface area contributed by atoms with E-state index >= 15 is 0 Å². The summed E-state index contributed by atoms with van der Waals surface area (Å²) < 4.78 is 0. The lowest BCUT2D eigenvalue weighted by atomic mass is 9.69. The Labute approximate surface area is 225 Å². The van der Waals surface area contributed by atoms with Crippen molar-refractivity contribution in [2.75, 3.05) is 0 Å². The van der Waals surface area contributed by atoms with Crippen LogP contribution in [0.4, 0.5) is 0 Å². The van der Waals surface area contributed by atoms with Crippen LogP contribution < -0.4 is 0 Å². The Morgan fingerprint density at radius 3 is 1.11 bits per heavy atom. The average molecular weight is 491 g/mol. The van der Waals surface area contributed by atoms with Gasteiger partial charge in [0.05, 0.1) is 0 Å². The smallest absolute Gasteiger partial charge is 0.0103 e. The fourth-order valence-corrected chi connectivity index (χ4v) is 5.48. The maximum Gasteiger partial charge on any atom is -0.0103 e. The molecule has 0 saturated heterocycles. The fraction of sp³-hybridized carbons (Fsp3) is 0.667. The van der Waals surface area contributed by atoms with Crippen molar-refractivity contribution in [1.29, 1.82) is 0 Å². The molecule has 0 fully saturated rings. The number of hydrogen-bond acceptors (Lipinski definition) is 0. The molecule has 0 nitrogen and oxygen atoms in total. The van der Waals surface area contributed by atoms with Crippen molar-refractivity contribution in [2.24, 2.45) is 17.8 Å². The van der Waals surface area contributed by atoms with E-state index in [1.54, 1.807) is 16.7 Å². The van der Waals surface area contributed by atoms with Gasteiger partial charge < -0.3 is 0 Å². The van der Waals surface area contributed by atoms with Gasteiger partial charge in [-0.2, -0.15) is 0 Å². The number of benzene rings is 2. The van der Waals surface area contributed by atoms with E-state index in [9.17, 15) is 0 Å². The lowest BCUT2D eigenvalue weighted by Gasteiger charge is -2.35. The molecule has 202 valence electrons. The quantitative estimate of drug-likeness (QED) is 0.362. The zero-order valence-corrected chi connectivity index (χ0v) is 26.7. The van der Waals surface area contributed by atoms with Gasteiger partial charge in [0.1, 0.15) is 0 Å². The van der Waals surface area contributed by atoms with Crippen LogP contribution in [0.3, 0.4) is 0 Å². The fourth-order valence-electron chi connectivity index (χ4n) is 5.48. The van der Waals surface area contributed by atoms with Crippen LogP contribution in [0.15, 0.2) is 24.3 Å². The maximum absolute atomic E-state index is 2.57. The van der Waals surface area contributed by atoms with E-state index in [4.69, 9.17) is 0 Å². The molecule has 0 aliphatic rings. The molecule has 0 heterocycles. The van der Waals surface area contributed by atoms with Crippen LogP contribution in [0.25, 0.3) is 11.1 Å². The second-order valence-corrected chi connectivity index (χ2v) is 15.8. The molecular formula is C36H58. The van der Waals surface area contributed by atoms with E-state index in [0.717, 1.165) is 19.3 Å². The molecule has 2 aromatic carbocycles. The topological polar surface area (TPSA) is 0 Å². The summed E-state index contributed by atoms with van der Waals surface area (Å²) in [4.78, 5) is 0. The van der Waals surface area contributed by atoms with Crippen LogP contribution in [-0.2, 0) is 35.5 Å². The molecule has 2 rings (SSSR count). The predicted octanol–water partition coefficient (Wildman–Crippen LogP) is 10.8. The largest absolute Gasteiger partial charge is 0.0625 e. The number of hydrogen-bond donors (Lipinski definition) is 0. The Bertz CT molecular complexity index is 957. The van der Waals surface area contributed by atoms with Crippen LogP contribution in [0.1, 0.15) is 137 Å². The highest BCUT2D eigenvalue weighted by atomic mass is 14.4. The molecule has 0 aliphatic carbocycles. The Hall–Kier alpha value is -1.56. The van der Waals surface area contributed by atoms with Gasteiger partial charge in [-0.3, -0.25) is 0 Å². The third kappa shape index (κ3) is 7.72. The van der Waals surface area contributed by atoms with Crippen LogP contribution in [-0.4, -0.2) is 0 Å². The summed E-state index contributed by atoms with van der Waals surface area (Å²) in [5.74, 6) is 1.90. The molecule has 0 N–H and O–H groups in total. The van der Waals surface area contributed by atoms with E-state index in [-0.39, 0.29) is 16.2 Å². The zero-order valence-electron chi connectivity index (χ0n) is 26.7. The van der Waals surface area contributed by atoms with Gasteiger partial charge in [-0.15, -0.1) is 0 Å². The predicted molar refractivity (Wildman–Crippen MR) is 164 cm³/mol. The Balaban J connectivity index is 3.17. The Kier molecular flexibility index (Phi) is 9.41. The highest BCUT2D eigenvalue weighted by Gasteiger charge is 2.32. The Morgan fingerprint density at radius 1 is 0.472 bits per heavy atom. The van der Waals surface area contributed by atoms with E-state index in [1.165, 1.54) is 27.8 Å². The molecule has 0 amide bonds. The molecule has 2 aromatic rings. The SMILES string of the molecule is CC(C)Cc1cc(CC(C)C)c(-c2c(C(C)(C)C)cc(C(C)(C)C)cc2C(C)(C)C)c(CC(C)C)c1. The van der Waals surface area contributed by atoms with Crippen LogP contribution in [0.2, 0.25) is 0 Å². The first kappa shape index (κ1) is 30.7. The molecule has 0 atom stereocenters. The monoisotopic (exact) mass is 490 g/mol. The molecule has 0 bridgehead atoms. The molecule has 0 heteroatoms. The normalized spacial score (nSPS) is 13.4. The summed E-state index contributed by atoms with van der Waals surface area (Å²) in [5.41, 5.74) is 12.4. The molecule has 0 spiro atoms. The van der Waals surface area contributed by atoms with Crippen molar-refractivity contribution < 1.29 is 0 Å². The van der Waals surface area contributed by atoms with Crippen molar-refractivity contribution in [3.05, 3.63) is 57.6 Å². The van der Waals surface area contributed by atoms with Gasteiger partial charge in [-0.05, 0) is 97.8 Å². The second kappa shape index (κ2) is 11.0. The third-order valence-corrected chi connectivity index (χ3v) is 7.13. The standard InChI is InChI=1S/C36H58/c1-23(2)16-26-19-27(17-24(3)4)32(28(20-26)18-25(5)6)33-30(35(10,11)12)21-29(34(7,8)9)22-31(33)36(13,14)15/h19-25H,16-18H2,1-15H3. The molecular weight excluding hydrogens is 432 g/mol. The van der Waals surface area contributed by atoms with Crippen molar-refractivity contribution >= 4 is 0 Å². The second-order valence-electron chi connectivity index (χ2n) is 15.8. The lowest BCUT2D eigenvalue weighted by Crippen LogP contribution is -2.23. The van der Waals surface area contributed by atoms with Crippen molar-refractivity contribution in [3.63, 3.8) is 0 Å². The van der Waals surface area contributed by atoms with Crippen molar-refractivity contribution in [2.45, 2.75) is 139 Å². The highest BCUT2D eigenvalue weighted by molar-refractivity contribution is 5.80. The molecule has 0 aromatic heterocycles. The van der Waals surface area contributed by atoms with Gasteiger partial charge in [0, 0.05) is 0 Å². The minimum atomic E-state index is 0.0530. The molecule has 0 aliphatic heterocycles. The van der Waals surface area contributed by atoms with Crippen LogP contribution in [0.5, 0.6) is 0 Å². The van der Waals surface area contributed by atoms with Crippen LogP contribution >= 0.6 is 0 Å². The summed E-state index contributed by atoms with van der Waals surface area (Å²) in [7, 11) is 0. The summed E-state index contributed by atoms with van der Waals surface area (Å²) in [6, 6.07) is 10.2. The first-order valence-corrected chi connectivity index (χ1v) is 14.6. The molecule has 0 unspecified atom stereocenters. The highest BCUT2D eigenvalue weighted by Crippen LogP contribution is 2.46. The minimum absolute atomic E-state index is 0.0530. The summed E-state index contributed by atoms with van der Waals surface area (Å²) >= 11 is 0. The first-order chi connectivity index (χ1) is 16.2. The third-order valence-electron chi connectivity index (χ3n) is 7.13. The zero-order chi connectivity index (χ0) is 27.8. The molecule has 0 radical (unpaired) electrons. The van der Waals surface area contributed by atoms with Gasteiger partial charge in [0.25, 0.3) is 0 Å². The lowest BCUT2D eigenvalue weighted by molar-refractivity contribution is 0.550. The van der Waals surface area contributed by atoms with Gasteiger partial charge >= 0.3 is 0 Å². The van der Waals surface area contributed by atoms with Gasteiger partial charge in [0.2, 0.25) is 0 Å². The van der Waals surface area contributed by atoms with Gasteiger partial charge in [0.15, 0.2) is 0 Å². The van der Waals surface area contributed by atoms with E-state index < -0.39 is 0 Å². The summed E-state index contributed by atoms with van der Waals surface area (Å²) in [6.45, 7) is 35.7. The molecule has 36 heavy (non-hydrogen) atoms. The van der Waals surface area contributed by atoms with Crippen LogP contribution in [0, 0.1) is 17.8 Å². The first-order valence-electron chi connectivity index (χ1n) is 14.6. The van der Waals surface area contributed by atoms with Crippen molar-refractivity contribution in [3.8, 4) is 11.1 Å². The van der Waals surface area contributed by atoms with E-state index in [1.807, 2.05) is 0 Å². The summed E-state index contributed by atoms with van der Waals surface area (Å²) in [5, 5.41) is 0. The van der Waals surface area contributed by atoms with Gasteiger partial charge in [-0.25, -0.2) is 0 Å².